The summed E-state index contributed by atoms with van der Waals surface area (Å²) in [5.41, 5.74) is 15.6. The number of hydrogen-bond donors (Lipinski definition) is 2. The van der Waals surface area contributed by atoms with Crippen LogP contribution in [0.25, 0.3) is 0 Å². The maximum Gasteiger partial charge on any atom is 0.0455 e. The third-order valence-electron chi connectivity index (χ3n) is 2.96. The second-order valence-corrected chi connectivity index (χ2v) is 5.76. The number of nitrogens with two attached hydrogens (primary N) is 2. The molecule has 2 nitrogen and oxygen atoms in total. The van der Waals surface area contributed by atoms with Gasteiger partial charge in [-0.25, -0.2) is 0 Å². The lowest BCUT2D eigenvalue weighted by Crippen LogP contribution is -1.88. The number of nitrogen functional groups attached to an aromatic ring is 2. The normalized spacial score (nSPS) is 9.84. The topological polar surface area (TPSA) is 52.0 Å². The molecule has 2 rings (SSSR count). The van der Waals surface area contributed by atoms with Gasteiger partial charge in [0.15, 0.2) is 0 Å². The van der Waals surface area contributed by atoms with E-state index in [1.165, 1.54) is 23.3 Å². The number of rotatable bonds is 3. The van der Waals surface area contributed by atoms with E-state index in [9.17, 15) is 0 Å². The first-order valence-electron chi connectivity index (χ1n) is 6.69. The van der Waals surface area contributed by atoms with Crippen molar-refractivity contribution in [3.8, 4) is 0 Å². The summed E-state index contributed by atoms with van der Waals surface area (Å²) in [6.45, 7) is 6.28. The molecule has 1 aromatic heterocycles. The van der Waals surface area contributed by atoms with Gasteiger partial charge in [0.1, 0.15) is 0 Å². The third kappa shape index (κ3) is 5.35. The summed E-state index contributed by atoms with van der Waals surface area (Å²) < 4.78 is 0. The van der Waals surface area contributed by atoms with Crippen LogP contribution in [0.15, 0.2) is 29.6 Å². The van der Waals surface area contributed by atoms with Gasteiger partial charge in [-0.3, -0.25) is 0 Å². The molecule has 1 aromatic carbocycles. The number of hydrogen-bond acceptors (Lipinski definition) is 3. The van der Waals surface area contributed by atoms with Crippen LogP contribution in [0.5, 0.6) is 0 Å². The molecule has 0 aliphatic rings. The number of thiophene rings is 1. The highest BCUT2D eigenvalue weighted by atomic mass is 32.1. The van der Waals surface area contributed by atoms with Gasteiger partial charge in [0.05, 0.1) is 0 Å². The summed E-state index contributed by atoms with van der Waals surface area (Å²) in [5, 5.41) is 2.06. The van der Waals surface area contributed by atoms with E-state index in [-0.39, 0.29) is 0 Å². The highest BCUT2D eigenvalue weighted by molar-refractivity contribution is 7.10. The molecule has 0 unspecified atom stereocenters. The molecule has 3 heteroatoms. The second kappa shape index (κ2) is 7.85. The molecule has 0 aliphatic heterocycles. The molecule has 0 aliphatic carbocycles. The van der Waals surface area contributed by atoms with Crippen molar-refractivity contribution in [2.45, 2.75) is 40.0 Å². The molecule has 0 amide bonds. The molecule has 0 radical (unpaired) electrons. The van der Waals surface area contributed by atoms with Crippen molar-refractivity contribution in [3.63, 3.8) is 0 Å². The van der Waals surface area contributed by atoms with Crippen molar-refractivity contribution in [2.75, 3.05) is 11.5 Å². The molecule has 0 atom stereocenters. The maximum atomic E-state index is 5.69. The van der Waals surface area contributed by atoms with Gasteiger partial charge < -0.3 is 11.5 Å². The molecule has 4 N–H and O–H groups in total. The number of aryl methyl sites for hydroxylation is 3. The fourth-order valence-corrected chi connectivity index (χ4v) is 2.56. The molecular weight excluding hydrogens is 252 g/mol. The third-order valence-corrected chi connectivity index (χ3v) is 3.96. The summed E-state index contributed by atoms with van der Waals surface area (Å²) in [6, 6.07) is 8.01. The Bertz CT molecular complexity index is 503. The van der Waals surface area contributed by atoms with Crippen LogP contribution in [0.4, 0.5) is 11.4 Å². The van der Waals surface area contributed by atoms with E-state index >= 15 is 0 Å². The SMILES string of the molecule is CCCCc1sccc1N.Cc1ccc(N)c(C)c1. The Morgan fingerprint density at radius 3 is 2.26 bits per heavy atom. The zero-order chi connectivity index (χ0) is 14.3. The Morgan fingerprint density at radius 2 is 1.79 bits per heavy atom. The molecule has 19 heavy (non-hydrogen) atoms. The van der Waals surface area contributed by atoms with E-state index in [0.717, 1.165) is 23.4 Å². The van der Waals surface area contributed by atoms with Crippen molar-refractivity contribution in [1.82, 2.24) is 0 Å². The van der Waals surface area contributed by atoms with Crippen molar-refractivity contribution in [1.29, 1.82) is 0 Å². The highest BCUT2D eigenvalue weighted by Gasteiger charge is 1.97. The Hall–Kier alpha value is -1.48. The summed E-state index contributed by atoms with van der Waals surface area (Å²) in [4.78, 5) is 1.35. The molecular formula is C16H24N2S. The van der Waals surface area contributed by atoms with Gasteiger partial charge in [-0.1, -0.05) is 31.0 Å². The van der Waals surface area contributed by atoms with Gasteiger partial charge in [-0.15, -0.1) is 11.3 Å². The second-order valence-electron chi connectivity index (χ2n) is 4.76. The Morgan fingerprint density at radius 1 is 1.05 bits per heavy atom. The lowest BCUT2D eigenvalue weighted by atomic mass is 10.1. The van der Waals surface area contributed by atoms with E-state index in [0.29, 0.717) is 0 Å². The zero-order valence-corrected chi connectivity index (χ0v) is 12.9. The van der Waals surface area contributed by atoms with Crippen LogP contribution in [-0.4, -0.2) is 0 Å². The first kappa shape index (κ1) is 15.6. The molecule has 1 heterocycles. The van der Waals surface area contributed by atoms with Gasteiger partial charge in [0.25, 0.3) is 0 Å². The quantitative estimate of drug-likeness (QED) is 0.807. The molecule has 104 valence electrons. The first-order valence-corrected chi connectivity index (χ1v) is 7.57. The van der Waals surface area contributed by atoms with E-state index < -0.39 is 0 Å². The Balaban J connectivity index is 0.000000191. The number of anilines is 2. The van der Waals surface area contributed by atoms with E-state index in [1.54, 1.807) is 11.3 Å². The predicted molar refractivity (Wildman–Crippen MR) is 87.7 cm³/mol. The lowest BCUT2D eigenvalue weighted by molar-refractivity contribution is 0.805. The molecule has 0 saturated carbocycles. The van der Waals surface area contributed by atoms with Gasteiger partial charge >= 0.3 is 0 Å². The minimum atomic E-state index is 0.876. The van der Waals surface area contributed by atoms with Gasteiger partial charge in [0, 0.05) is 16.3 Å². The fraction of sp³-hybridized carbons (Fsp3) is 0.375. The van der Waals surface area contributed by atoms with Gasteiger partial charge in [0.2, 0.25) is 0 Å². The average molecular weight is 276 g/mol. The molecule has 2 aromatic rings. The zero-order valence-electron chi connectivity index (χ0n) is 12.1. The van der Waals surface area contributed by atoms with E-state index in [2.05, 4.69) is 25.3 Å². The van der Waals surface area contributed by atoms with E-state index in [4.69, 9.17) is 11.5 Å². The molecule has 0 spiro atoms. The highest BCUT2D eigenvalue weighted by Crippen LogP contribution is 2.20. The van der Waals surface area contributed by atoms with Gasteiger partial charge in [-0.05, 0) is 49.8 Å². The maximum absolute atomic E-state index is 5.69. The fourth-order valence-electron chi connectivity index (χ4n) is 1.72. The van der Waals surface area contributed by atoms with E-state index in [1.807, 2.05) is 25.1 Å². The van der Waals surface area contributed by atoms with Crippen molar-refractivity contribution in [3.05, 3.63) is 45.6 Å². The molecule has 0 fully saturated rings. The van der Waals surface area contributed by atoms with Gasteiger partial charge in [-0.2, -0.15) is 0 Å². The average Bonchev–Trinajstić information content (AvgIpc) is 2.78. The molecule has 0 saturated heterocycles. The largest absolute Gasteiger partial charge is 0.399 e. The summed E-state index contributed by atoms with van der Waals surface area (Å²) in [5.74, 6) is 0. The number of unbranched alkanes of at least 4 members (excludes halogenated alkanes) is 1. The van der Waals surface area contributed by atoms with Crippen molar-refractivity contribution < 1.29 is 0 Å². The summed E-state index contributed by atoms with van der Waals surface area (Å²) >= 11 is 1.76. The first-order chi connectivity index (χ1) is 9.04. The Kier molecular flexibility index (Phi) is 6.43. The van der Waals surface area contributed by atoms with Crippen LogP contribution in [0, 0.1) is 13.8 Å². The Labute approximate surface area is 120 Å². The van der Waals surface area contributed by atoms with Crippen LogP contribution in [0.2, 0.25) is 0 Å². The minimum absolute atomic E-state index is 0.876. The van der Waals surface area contributed by atoms with Crippen LogP contribution >= 0.6 is 11.3 Å². The smallest absolute Gasteiger partial charge is 0.0455 e. The minimum Gasteiger partial charge on any atom is -0.399 e. The standard InChI is InChI=1S/C8H13NS.C8H11N/c1-2-3-4-8-7(9)5-6-10-8;1-6-3-4-8(9)7(2)5-6/h5-6H,2-4,9H2,1H3;3-5H,9H2,1-2H3. The summed E-state index contributed by atoms with van der Waals surface area (Å²) in [6.07, 6.45) is 3.65. The summed E-state index contributed by atoms with van der Waals surface area (Å²) in [7, 11) is 0. The van der Waals surface area contributed by atoms with Crippen molar-refractivity contribution >= 4 is 22.7 Å². The van der Waals surface area contributed by atoms with Crippen LogP contribution in [0.3, 0.4) is 0 Å². The lowest BCUT2D eigenvalue weighted by Gasteiger charge is -1.98. The monoisotopic (exact) mass is 276 g/mol. The predicted octanol–water partition coefficient (Wildman–Crippen LogP) is 4.56. The van der Waals surface area contributed by atoms with Crippen LogP contribution < -0.4 is 11.5 Å². The van der Waals surface area contributed by atoms with Crippen LogP contribution in [0.1, 0.15) is 35.8 Å². The van der Waals surface area contributed by atoms with Crippen LogP contribution in [-0.2, 0) is 6.42 Å². The number of benzene rings is 1. The van der Waals surface area contributed by atoms with Crippen molar-refractivity contribution in [2.24, 2.45) is 0 Å². The molecule has 0 bridgehead atoms.